The summed E-state index contributed by atoms with van der Waals surface area (Å²) in [6.45, 7) is 0.374. The lowest BCUT2D eigenvalue weighted by atomic mass is 10.2. The molecule has 0 aliphatic rings. The molecule has 0 aliphatic carbocycles. The molecule has 0 aliphatic heterocycles. The second-order valence-corrected chi connectivity index (χ2v) is 2.62. The van der Waals surface area contributed by atoms with Gasteiger partial charge in [-0.3, -0.25) is 0 Å². The normalized spacial score (nSPS) is 12.4. The van der Waals surface area contributed by atoms with Crippen LogP contribution in [0.3, 0.4) is 0 Å². The maximum Gasteiger partial charge on any atom is 0.133 e. The van der Waals surface area contributed by atoms with Crippen molar-refractivity contribution < 1.29 is 14.3 Å². The molecule has 1 atom stereocenters. The SMILES string of the molecule is COCc1ccc(C(O)CC#N)o1. The van der Waals surface area contributed by atoms with E-state index in [-0.39, 0.29) is 6.42 Å². The summed E-state index contributed by atoms with van der Waals surface area (Å²) in [5, 5.41) is 17.7. The summed E-state index contributed by atoms with van der Waals surface area (Å²) < 4.78 is 10.1. The van der Waals surface area contributed by atoms with Crippen molar-refractivity contribution >= 4 is 0 Å². The molecule has 0 fully saturated rings. The third kappa shape index (κ3) is 2.58. The Morgan fingerprint density at radius 1 is 1.69 bits per heavy atom. The van der Waals surface area contributed by atoms with Gasteiger partial charge in [-0.15, -0.1) is 0 Å². The maximum absolute atomic E-state index is 9.35. The van der Waals surface area contributed by atoms with E-state index < -0.39 is 6.10 Å². The summed E-state index contributed by atoms with van der Waals surface area (Å²) in [6.07, 6.45) is -0.796. The fraction of sp³-hybridized carbons (Fsp3) is 0.444. The average molecular weight is 181 g/mol. The van der Waals surface area contributed by atoms with Crippen LogP contribution in [0.5, 0.6) is 0 Å². The van der Waals surface area contributed by atoms with E-state index in [2.05, 4.69) is 0 Å². The number of aliphatic hydroxyl groups is 1. The van der Waals surface area contributed by atoms with Crippen molar-refractivity contribution in [2.45, 2.75) is 19.1 Å². The molecule has 1 rings (SSSR count). The van der Waals surface area contributed by atoms with E-state index in [1.807, 2.05) is 6.07 Å². The standard InChI is InChI=1S/C9H11NO3/c1-12-6-7-2-3-9(13-7)8(11)4-5-10/h2-3,8,11H,4,6H2,1H3. The minimum atomic E-state index is -0.837. The van der Waals surface area contributed by atoms with Crippen molar-refractivity contribution in [1.82, 2.24) is 0 Å². The predicted octanol–water partition coefficient (Wildman–Crippen LogP) is 1.37. The molecule has 0 amide bonds. The van der Waals surface area contributed by atoms with Crippen molar-refractivity contribution in [2.75, 3.05) is 7.11 Å². The Balaban J connectivity index is 2.63. The summed E-state index contributed by atoms with van der Waals surface area (Å²) in [5.41, 5.74) is 0. The van der Waals surface area contributed by atoms with Gasteiger partial charge in [0.25, 0.3) is 0 Å². The molecule has 13 heavy (non-hydrogen) atoms. The molecule has 0 spiro atoms. The van der Waals surface area contributed by atoms with Crippen molar-refractivity contribution in [1.29, 1.82) is 5.26 Å². The van der Waals surface area contributed by atoms with E-state index in [0.717, 1.165) is 0 Å². The van der Waals surface area contributed by atoms with Gasteiger partial charge in [-0.1, -0.05) is 0 Å². The molecular formula is C9H11NO3. The zero-order valence-electron chi connectivity index (χ0n) is 7.36. The number of nitriles is 1. The lowest BCUT2D eigenvalue weighted by Gasteiger charge is -2.00. The molecular weight excluding hydrogens is 170 g/mol. The molecule has 1 aromatic rings. The van der Waals surface area contributed by atoms with Gasteiger partial charge in [0.1, 0.15) is 24.2 Å². The quantitative estimate of drug-likeness (QED) is 0.761. The minimum absolute atomic E-state index is 0.0416. The number of hydrogen-bond donors (Lipinski definition) is 1. The number of furan rings is 1. The molecule has 0 saturated heterocycles. The number of aliphatic hydroxyl groups excluding tert-OH is 1. The van der Waals surface area contributed by atoms with Gasteiger partial charge in [-0.25, -0.2) is 0 Å². The fourth-order valence-corrected chi connectivity index (χ4v) is 0.980. The number of methoxy groups -OCH3 is 1. The first-order valence-electron chi connectivity index (χ1n) is 3.90. The van der Waals surface area contributed by atoms with E-state index in [1.54, 1.807) is 19.2 Å². The van der Waals surface area contributed by atoms with E-state index in [9.17, 15) is 5.11 Å². The Morgan fingerprint density at radius 2 is 2.46 bits per heavy atom. The van der Waals surface area contributed by atoms with E-state index in [0.29, 0.717) is 18.1 Å². The molecule has 70 valence electrons. The Labute approximate surface area is 76.4 Å². The first-order chi connectivity index (χ1) is 6.27. The smallest absolute Gasteiger partial charge is 0.133 e. The van der Waals surface area contributed by atoms with Crippen molar-refractivity contribution in [3.8, 4) is 6.07 Å². The van der Waals surface area contributed by atoms with Crippen LogP contribution >= 0.6 is 0 Å². The first-order valence-corrected chi connectivity index (χ1v) is 3.90. The highest BCUT2D eigenvalue weighted by atomic mass is 16.5. The highest BCUT2D eigenvalue weighted by molar-refractivity contribution is 5.09. The molecule has 1 heterocycles. The van der Waals surface area contributed by atoms with E-state index >= 15 is 0 Å². The Kier molecular flexibility index (Phi) is 3.50. The van der Waals surface area contributed by atoms with Crippen LogP contribution in [-0.4, -0.2) is 12.2 Å². The zero-order chi connectivity index (χ0) is 9.68. The number of rotatable bonds is 4. The molecule has 0 aromatic carbocycles. The summed E-state index contributed by atoms with van der Waals surface area (Å²) in [5.74, 6) is 1.06. The molecule has 1 aromatic heterocycles. The second-order valence-electron chi connectivity index (χ2n) is 2.62. The second kappa shape index (κ2) is 4.65. The van der Waals surface area contributed by atoms with Gasteiger partial charge in [0.15, 0.2) is 0 Å². The van der Waals surface area contributed by atoms with Gasteiger partial charge in [0, 0.05) is 7.11 Å². The average Bonchev–Trinajstić information content (AvgIpc) is 2.54. The summed E-state index contributed by atoms with van der Waals surface area (Å²) in [7, 11) is 1.56. The monoisotopic (exact) mass is 181 g/mol. The van der Waals surface area contributed by atoms with Crippen LogP contribution in [0, 0.1) is 11.3 Å². The molecule has 1 unspecified atom stereocenters. The molecule has 0 saturated carbocycles. The van der Waals surface area contributed by atoms with Gasteiger partial charge in [-0.2, -0.15) is 5.26 Å². The summed E-state index contributed by atoms with van der Waals surface area (Å²) >= 11 is 0. The number of ether oxygens (including phenoxy) is 1. The van der Waals surface area contributed by atoms with Crippen LogP contribution in [0.2, 0.25) is 0 Å². The number of hydrogen-bond acceptors (Lipinski definition) is 4. The highest BCUT2D eigenvalue weighted by Crippen LogP contribution is 2.19. The van der Waals surface area contributed by atoms with Gasteiger partial charge >= 0.3 is 0 Å². The lowest BCUT2D eigenvalue weighted by Crippen LogP contribution is -1.93. The van der Waals surface area contributed by atoms with Gasteiger partial charge in [0.2, 0.25) is 0 Å². The molecule has 0 radical (unpaired) electrons. The summed E-state index contributed by atoms with van der Waals surface area (Å²) in [4.78, 5) is 0. The third-order valence-corrected chi connectivity index (χ3v) is 1.58. The van der Waals surface area contributed by atoms with Gasteiger partial charge in [-0.05, 0) is 12.1 Å². The van der Waals surface area contributed by atoms with Crippen LogP contribution in [0.15, 0.2) is 16.5 Å². The van der Waals surface area contributed by atoms with Crippen molar-refractivity contribution in [3.63, 3.8) is 0 Å². The zero-order valence-corrected chi connectivity index (χ0v) is 7.36. The van der Waals surface area contributed by atoms with Crippen molar-refractivity contribution in [3.05, 3.63) is 23.7 Å². The van der Waals surface area contributed by atoms with Crippen LogP contribution < -0.4 is 0 Å². The Bertz CT molecular complexity index is 300. The third-order valence-electron chi connectivity index (χ3n) is 1.58. The molecule has 0 bridgehead atoms. The van der Waals surface area contributed by atoms with E-state index in [4.69, 9.17) is 14.4 Å². The number of nitrogens with zero attached hydrogens (tertiary/aromatic N) is 1. The topological polar surface area (TPSA) is 66.4 Å². The fourth-order valence-electron chi connectivity index (χ4n) is 0.980. The Morgan fingerprint density at radius 3 is 3.08 bits per heavy atom. The predicted molar refractivity (Wildman–Crippen MR) is 44.6 cm³/mol. The maximum atomic E-state index is 9.35. The Hall–Kier alpha value is -1.31. The van der Waals surface area contributed by atoms with Gasteiger partial charge in [0.05, 0.1) is 12.5 Å². The summed E-state index contributed by atoms with van der Waals surface area (Å²) in [6, 6.07) is 5.24. The molecule has 4 heteroatoms. The highest BCUT2D eigenvalue weighted by Gasteiger charge is 2.11. The largest absolute Gasteiger partial charge is 0.461 e. The van der Waals surface area contributed by atoms with E-state index in [1.165, 1.54) is 0 Å². The van der Waals surface area contributed by atoms with Gasteiger partial charge < -0.3 is 14.3 Å². The van der Waals surface area contributed by atoms with Crippen LogP contribution in [0.4, 0.5) is 0 Å². The van der Waals surface area contributed by atoms with Crippen LogP contribution in [0.25, 0.3) is 0 Å². The molecule has 1 N–H and O–H groups in total. The van der Waals surface area contributed by atoms with Crippen LogP contribution in [0.1, 0.15) is 24.0 Å². The molecule has 4 nitrogen and oxygen atoms in total. The minimum Gasteiger partial charge on any atom is -0.461 e. The van der Waals surface area contributed by atoms with Crippen molar-refractivity contribution in [2.24, 2.45) is 0 Å². The van der Waals surface area contributed by atoms with Crippen LogP contribution in [-0.2, 0) is 11.3 Å². The lowest BCUT2D eigenvalue weighted by molar-refractivity contribution is 0.134. The first kappa shape index (κ1) is 9.78.